The van der Waals surface area contributed by atoms with E-state index in [0.717, 1.165) is 42.0 Å². The van der Waals surface area contributed by atoms with E-state index in [0.29, 0.717) is 18.8 Å². The summed E-state index contributed by atoms with van der Waals surface area (Å²) in [4.78, 5) is 19.7. The van der Waals surface area contributed by atoms with Gasteiger partial charge in [-0.1, -0.05) is 35.5 Å². The van der Waals surface area contributed by atoms with E-state index >= 15 is 0 Å². The smallest absolute Gasteiger partial charge is 0.276 e. The van der Waals surface area contributed by atoms with E-state index in [2.05, 4.69) is 39.7 Å². The van der Waals surface area contributed by atoms with Crippen LogP contribution in [0.25, 0.3) is 0 Å². The number of hydrogen-bond donors (Lipinski definition) is 1. The molecule has 3 heterocycles. The van der Waals surface area contributed by atoms with Crippen LogP contribution in [0.2, 0.25) is 0 Å². The Morgan fingerprint density at radius 3 is 2.72 bits per heavy atom. The van der Waals surface area contributed by atoms with Gasteiger partial charge in [0.15, 0.2) is 5.69 Å². The van der Waals surface area contributed by atoms with Gasteiger partial charge in [-0.05, 0) is 50.1 Å². The predicted molar refractivity (Wildman–Crippen MR) is 110 cm³/mol. The molecule has 1 saturated heterocycles. The van der Waals surface area contributed by atoms with Crippen molar-refractivity contribution in [3.8, 4) is 0 Å². The molecule has 0 aliphatic carbocycles. The molecule has 150 valence electrons. The lowest BCUT2D eigenvalue weighted by molar-refractivity contribution is 0.0720. The number of pyridine rings is 1. The first-order valence-electron chi connectivity index (χ1n) is 9.99. The van der Waals surface area contributed by atoms with Crippen molar-refractivity contribution in [2.45, 2.75) is 39.4 Å². The average Bonchev–Trinajstić information content (AvgIpc) is 3.39. The Morgan fingerprint density at radius 2 is 2.00 bits per heavy atom. The molecule has 29 heavy (non-hydrogen) atoms. The molecular formula is C22H26N6O. The minimum Gasteiger partial charge on any atom is -0.327 e. The summed E-state index contributed by atoms with van der Waals surface area (Å²) in [5, 5.41) is 11.9. The Balaban J connectivity index is 1.63. The normalized spacial score (nSPS) is 16.1. The van der Waals surface area contributed by atoms with Crippen LogP contribution in [0, 0.1) is 13.8 Å². The largest absolute Gasteiger partial charge is 0.327 e. The molecule has 1 aromatic carbocycles. The molecule has 7 heteroatoms. The number of carbonyl (C=O) groups is 1. The van der Waals surface area contributed by atoms with Crippen molar-refractivity contribution in [1.82, 2.24) is 30.2 Å². The number of aryl methyl sites for hydroxylation is 1. The Hall–Kier alpha value is -3.06. The number of carbonyl (C=O) groups excluding carboxylic acids is 1. The fourth-order valence-corrected chi connectivity index (χ4v) is 3.76. The lowest BCUT2D eigenvalue weighted by Crippen LogP contribution is -2.31. The summed E-state index contributed by atoms with van der Waals surface area (Å²) in [7, 11) is 0. The molecule has 1 N–H and O–H groups in total. The molecule has 1 aliphatic heterocycles. The van der Waals surface area contributed by atoms with E-state index in [-0.39, 0.29) is 11.9 Å². The fraction of sp³-hybridized carbons (Fsp3) is 0.364. The predicted octanol–water partition coefficient (Wildman–Crippen LogP) is 2.67. The highest BCUT2D eigenvalue weighted by atomic mass is 16.2. The van der Waals surface area contributed by atoms with E-state index in [1.54, 1.807) is 11.1 Å². The second-order valence-electron chi connectivity index (χ2n) is 7.52. The maximum atomic E-state index is 13.5. The van der Waals surface area contributed by atoms with Gasteiger partial charge in [0, 0.05) is 19.3 Å². The van der Waals surface area contributed by atoms with E-state index in [1.807, 2.05) is 41.9 Å². The summed E-state index contributed by atoms with van der Waals surface area (Å²) in [6.07, 6.45) is 2.75. The third-order valence-corrected chi connectivity index (χ3v) is 5.50. The quantitative estimate of drug-likeness (QED) is 0.700. The van der Waals surface area contributed by atoms with Crippen LogP contribution in [-0.2, 0) is 13.1 Å². The zero-order chi connectivity index (χ0) is 20.2. The number of benzene rings is 1. The van der Waals surface area contributed by atoms with Crippen LogP contribution >= 0.6 is 0 Å². The lowest BCUT2D eigenvalue weighted by Gasteiger charge is -2.23. The summed E-state index contributed by atoms with van der Waals surface area (Å²) >= 11 is 0. The molecule has 1 aliphatic rings. The van der Waals surface area contributed by atoms with E-state index < -0.39 is 0 Å². The Bertz CT molecular complexity index is 978. The molecule has 0 spiro atoms. The van der Waals surface area contributed by atoms with Gasteiger partial charge in [0.25, 0.3) is 5.91 Å². The molecular weight excluding hydrogens is 364 g/mol. The average molecular weight is 390 g/mol. The molecule has 4 rings (SSSR count). The molecule has 2 aromatic heterocycles. The molecule has 1 amide bonds. The molecule has 0 bridgehead atoms. The van der Waals surface area contributed by atoms with E-state index in [4.69, 9.17) is 0 Å². The topological polar surface area (TPSA) is 75.9 Å². The van der Waals surface area contributed by atoms with Gasteiger partial charge in [-0.25, -0.2) is 4.68 Å². The first kappa shape index (κ1) is 19.3. The van der Waals surface area contributed by atoms with Crippen LogP contribution < -0.4 is 5.32 Å². The SMILES string of the molecule is Cc1ccccc1CN(Cc1ccccn1)C(=O)c1nnn(C2CCNC2)c1C. The van der Waals surface area contributed by atoms with Crippen LogP contribution in [0.5, 0.6) is 0 Å². The van der Waals surface area contributed by atoms with Crippen molar-refractivity contribution in [2.75, 3.05) is 13.1 Å². The molecule has 0 saturated carbocycles. The Morgan fingerprint density at radius 1 is 1.17 bits per heavy atom. The molecule has 1 atom stereocenters. The summed E-state index contributed by atoms with van der Waals surface area (Å²) in [5.41, 5.74) is 4.35. The van der Waals surface area contributed by atoms with Gasteiger partial charge in [0.1, 0.15) is 0 Å². The lowest BCUT2D eigenvalue weighted by atomic mass is 10.1. The third kappa shape index (κ3) is 4.19. The Labute approximate surface area is 170 Å². The second-order valence-corrected chi connectivity index (χ2v) is 7.52. The highest BCUT2D eigenvalue weighted by Crippen LogP contribution is 2.20. The van der Waals surface area contributed by atoms with Crippen molar-refractivity contribution < 1.29 is 4.79 Å². The van der Waals surface area contributed by atoms with Crippen LogP contribution in [0.15, 0.2) is 48.7 Å². The minimum atomic E-state index is -0.117. The molecule has 1 fully saturated rings. The fourth-order valence-electron chi connectivity index (χ4n) is 3.76. The van der Waals surface area contributed by atoms with E-state index in [9.17, 15) is 4.79 Å². The van der Waals surface area contributed by atoms with Crippen molar-refractivity contribution in [3.63, 3.8) is 0 Å². The van der Waals surface area contributed by atoms with Gasteiger partial charge in [0.2, 0.25) is 0 Å². The van der Waals surface area contributed by atoms with Crippen LogP contribution in [0.4, 0.5) is 0 Å². The molecule has 3 aromatic rings. The summed E-state index contributed by atoms with van der Waals surface area (Å²) in [5.74, 6) is -0.117. The monoisotopic (exact) mass is 390 g/mol. The van der Waals surface area contributed by atoms with Gasteiger partial charge < -0.3 is 10.2 Å². The van der Waals surface area contributed by atoms with Crippen LogP contribution in [0.1, 0.15) is 45.5 Å². The van der Waals surface area contributed by atoms with Crippen LogP contribution in [-0.4, -0.2) is 43.9 Å². The number of hydrogen-bond acceptors (Lipinski definition) is 5. The van der Waals surface area contributed by atoms with Gasteiger partial charge in [0.05, 0.1) is 24.0 Å². The summed E-state index contributed by atoms with van der Waals surface area (Å²) in [6, 6.07) is 14.1. The second kappa shape index (κ2) is 8.53. The maximum absolute atomic E-state index is 13.5. The first-order valence-corrected chi connectivity index (χ1v) is 9.99. The molecule has 1 unspecified atom stereocenters. The minimum absolute atomic E-state index is 0.117. The number of amides is 1. The van der Waals surface area contributed by atoms with Crippen molar-refractivity contribution >= 4 is 5.91 Å². The van der Waals surface area contributed by atoms with Gasteiger partial charge in [-0.2, -0.15) is 0 Å². The number of nitrogens with zero attached hydrogens (tertiary/aromatic N) is 5. The number of aromatic nitrogens is 4. The van der Waals surface area contributed by atoms with Gasteiger partial charge >= 0.3 is 0 Å². The summed E-state index contributed by atoms with van der Waals surface area (Å²) in [6.45, 7) is 6.74. The maximum Gasteiger partial charge on any atom is 0.276 e. The van der Waals surface area contributed by atoms with Gasteiger partial charge in [-0.3, -0.25) is 9.78 Å². The zero-order valence-electron chi connectivity index (χ0n) is 16.9. The Kier molecular flexibility index (Phi) is 5.67. The standard InChI is InChI=1S/C22H26N6O/c1-16-7-3-4-8-18(16)14-27(15-19-9-5-6-11-24-19)22(29)21-17(2)28(26-25-21)20-10-12-23-13-20/h3-9,11,20,23H,10,12-15H2,1-2H3. The molecule has 7 nitrogen and oxygen atoms in total. The van der Waals surface area contributed by atoms with Crippen LogP contribution in [0.3, 0.4) is 0 Å². The highest BCUT2D eigenvalue weighted by Gasteiger charge is 2.27. The first-order chi connectivity index (χ1) is 14.1. The van der Waals surface area contributed by atoms with Crippen molar-refractivity contribution in [3.05, 3.63) is 76.9 Å². The van der Waals surface area contributed by atoms with E-state index in [1.165, 1.54) is 0 Å². The number of rotatable bonds is 6. The van der Waals surface area contributed by atoms with Crippen molar-refractivity contribution in [1.29, 1.82) is 0 Å². The highest BCUT2D eigenvalue weighted by molar-refractivity contribution is 5.93. The zero-order valence-corrected chi connectivity index (χ0v) is 16.9. The molecule has 0 radical (unpaired) electrons. The van der Waals surface area contributed by atoms with Crippen molar-refractivity contribution in [2.24, 2.45) is 0 Å². The third-order valence-electron chi connectivity index (χ3n) is 5.50. The summed E-state index contributed by atoms with van der Waals surface area (Å²) < 4.78 is 1.89. The van der Waals surface area contributed by atoms with Gasteiger partial charge in [-0.15, -0.1) is 5.10 Å². The number of nitrogens with one attached hydrogen (secondary N) is 1.